The second kappa shape index (κ2) is 6.10. The third-order valence-corrected chi connectivity index (χ3v) is 5.82. The maximum absolute atomic E-state index is 12.4. The highest BCUT2D eigenvalue weighted by atomic mass is 79.9. The molecule has 0 bridgehead atoms. The fourth-order valence-corrected chi connectivity index (χ4v) is 4.24. The van der Waals surface area contributed by atoms with Crippen LogP contribution in [0, 0.1) is 0 Å². The lowest BCUT2D eigenvalue weighted by Gasteiger charge is -2.18. The van der Waals surface area contributed by atoms with Crippen molar-refractivity contribution in [2.75, 3.05) is 5.75 Å². The van der Waals surface area contributed by atoms with Crippen molar-refractivity contribution in [1.82, 2.24) is 9.71 Å². The van der Waals surface area contributed by atoms with Crippen LogP contribution in [0.1, 0.15) is 24.1 Å². The van der Waals surface area contributed by atoms with Crippen LogP contribution in [0.2, 0.25) is 0 Å². The smallest absolute Gasteiger partial charge is 0.212 e. The van der Waals surface area contributed by atoms with E-state index in [9.17, 15) is 8.42 Å². The Kier molecular flexibility index (Phi) is 4.34. The monoisotopic (exact) mass is 380 g/mol. The molecule has 1 aliphatic rings. The number of halogens is 1. The van der Waals surface area contributed by atoms with Crippen molar-refractivity contribution >= 4 is 26.0 Å². The molecule has 0 spiro atoms. The van der Waals surface area contributed by atoms with Crippen molar-refractivity contribution in [2.45, 2.75) is 24.8 Å². The third kappa shape index (κ3) is 3.74. The molecule has 1 saturated carbocycles. The van der Waals surface area contributed by atoms with E-state index in [0.29, 0.717) is 6.42 Å². The Morgan fingerprint density at radius 2 is 1.86 bits per heavy atom. The van der Waals surface area contributed by atoms with E-state index in [0.717, 1.165) is 28.6 Å². The standard InChI is InChI=1S/C16H17BrN2O2S/c17-14-6-4-13(5-7-14)16(9-10-16)19-22(20,21)12-8-15-3-1-2-11-18-15/h1-7,11,19H,8-10,12H2. The molecule has 0 atom stereocenters. The Balaban J connectivity index is 1.67. The van der Waals surface area contributed by atoms with Crippen molar-refractivity contribution in [3.05, 3.63) is 64.4 Å². The summed E-state index contributed by atoms with van der Waals surface area (Å²) in [6, 6.07) is 13.4. The molecule has 2 aromatic rings. The predicted octanol–water partition coefficient (Wildman–Crippen LogP) is 3.00. The highest BCUT2D eigenvalue weighted by Crippen LogP contribution is 2.46. The van der Waals surface area contributed by atoms with Crippen molar-refractivity contribution < 1.29 is 8.42 Å². The minimum Gasteiger partial charge on any atom is -0.261 e. The summed E-state index contributed by atoms with van der Waals surface area (Å²) in [6.45, 7) is 0. The Bertz CT molecular complexity index is 741. The number of nitrogens with one attached hydrogen (secondary N) is 1. The zero-order chi connectivity index (χ0) is 15.6. The van der Waals surface area contributed by atoms with Gasteiger partial charge in [0.05, 0.1) is 11.3 Å². The maximum atomic E-state index is 12.4. The SMILES string of the molecule is O=S(=O)(CCc1ccccn1)NC1(c2ccc(Br)cc2)CC1. The minimum atomic E-state index is -3.33. The van der Waals surface area contributed by atoms with Crippen LogP contribution in [0.3, 0.4) is 0 Å². The Morgan fingerprint density at radius 3 is 2.45 bits per heavy atom. The third-order valence-electron chi connectivity index (χ3n) is 3.85. The summed E-state index contributed by atoms with van der Waals surface area (Å²) in [4.78, 5) is 4.16. The van der Waals surface area contributed by atoms with Gasteiger partial charge in [-0.2, -0.15) is 0 Å². The van der Waals surface area contributed by atoms with E-state index in [1.807, 2.05) is 42.5 Å². The van der Waals surface area contributed by atoms with Gasteiger partial charge in [0.25, 0.3) is 0 Å². The van der Waals surface area contributed by atoms with Crippen LogP contribution in [0.25, 0.3) is 0 Å². The summed E-state index contributed by atoms with van der Waals surface area (Å²) >= 11 is 3.40. The summed E-state index contributed by atoms with van der Waals surface area (Å²) < 4.78 is 28.6. The van der Waals surface area contributed by atoms with Crippen molar-refractivity contribution in [2.24, 2.45) is 0 Å². The molecule has 0 radical (unpaired) electrons. The highest BCUT2D eigenvalue weighted by molar-refractivity contribution is 9.10. The molecule has 1 aromatic heterocycles. The molecular formula is C16H17BrN2O2S. The van der Waals surface area contributed by atoms with Gasteiger partial charge in [-0.1, -0.05) is 34.1 Å². The molecule has 3 rings (SSSR count). The largest absolute Gasteiger partial charge is 0.261 e. The van der Waals surface area contributed by atoms with Gasteiger partial charge in [0.2, 0.25) is 10.0 Å². The highest BCUT2D eigenvalue weighted by Gasteiger charge is 2.47. The molecule has 4 nitrogen and oxygen atoms in total. The molecule has 0 amide bonds. The van der Waals surface area contributed by atoms with Gasteiger partial charge < -0.3 is 0 Å². The van der Waals surface area contributed by atoms with Crippen LogP contribution in [0.15, 0.2) is 53.1 Å². The van der Waals surface area contributed by atoms with Crippen LogP contribution in [-0.4, -0.2) is 19.2 Å². The zero-order valence-corrected chi connectivity index (χ0v) is 14.4. The molecule has 1 heterocycles. The number of aryl methyl sites for hydroxylation is 1. The van der Waals surface area contributed by atoms with E-state index in [1.54, 1.807) is 6.20 Å². The number of sulfonamides is 1. The van der Waals surface area contributed by atoms with E-state index < -0.39 is 15.6 Å². The molecule has 1 fully saturated rings. The molecule has 0 saturated heterocycles. The van der Waals surface area contributed by atoms with Crippen LogP contribution in [-0.2, 0) is 22.0 Å². The normalized spacial score (nSPS) is 16.4. The van der Waals surface area contributed by atoms with Gasteiger partial charge in [-0.3, -0.25) is 4.98 Å². The molecule has 0 aliphatic heterocycles. The molecule has 1 aliphatic carbocycles. The van der Waals surface area contributed by atoms with Gasteiger partial charge in [-0.25, -0.2) is 13.1 Å². The Hall–Kier alpha value is -1.24. The van der Waals surface area contributed by atoms with Crippen LogP contribution in [0.5, 0.6) is 0 Å². The molecule has 116 valence electrons. The second-order valence-corrected chi connectivity index (χ2v) is 8.34. The topological polar surface area (TPSA) is 59.1 Å². The molecule has 6 heteroatoms. The van der Waals surface area contributed by atoms with E-state index in [4.69, 9.17) is 0 Å². The first-order chi connectivity index (χ1) is 10.5. The fraction of sp³-hybridized carbons (Fsp3) is 0.312. The minimum absolute atomic E-state index is 0.0578. The quantitative estimate of drug-likeness (QED) is 0.837. The van der Waals surface area contributed by atoms with Crippen LogP contribution in [0.4, 0.5) is 0 Å². The average Bonchev–Trinajstić information content (AvgIpc) is 3.27. The molecule has 0 unspecified atom stereocenters. The lowest BCUT2D eigenvalue weighted by Crippen LogP contribution is -2.37. The number of nitrogens with zero attached hydrogens (tertiary/aromatic N) is 1. The van der Waals surface area contributed by atoms with E-state index >= 15 is 0 Å². The average molecular weight is 381 g/mol. The van der Waals surface area contributed by atoms with Crippen LogP contribution < -0.4 is 4.72 Å². The number of benzene rings is 1. The summed E-state index contributed by atoms with van der Waals surface area (Å²) in [5.74, 6) is 0.0578. The first-order valence-electron chi connectivity index (χ1n) is 7.17. The zero-order valence-electron chi connectivity index (χ0n) is 12.0. The van der Waals surface area contributed by atoms with E-state index in [2.05, 4.69) is 25.6 Å². The van der Waals surface area contributed by atoms with Gasteiger partial charge in [-0.05, 0) is 42.7 Å². The summed E-state index contributed by atoms with van der Waals surface area (Å²) in [6.07, 6.45) is 3.79. The van der Waals surface area contributed by atoms with E-state index in [1.165, 1.54) is 0 Å². The van der Waals surface area contributed by atoms with Crippen molar-refractivity contribution in [3.8, 4) is 0 Å². The van der Waals surface area contributed by atoms with Gasteiger partial charge >= 0.3 is 0 Å². The summed E-state index contributed by atoms with van der Waals surface area (Å²) in [5.41, 5.74) is 1.40. The molecule has 22 heavy (non-hydrogen) atoms. The number of hydrogen-bond donors (Lipinski definition) is 1. The van der Waals surface area contributed by atoms with Gasteiger partial charge in [0, 0.05) is 22.8 Å². The number of rotatable bonds is 6. The Labute approximate surface area is 139 Å². The second-order valence-electron chi connectivity index (χ2n) is 5.58. The van der Waals surface area contributed by atoms with Crippen LogP contribution >= 0.6 is 15.9 Å². The molecule has 1 aromatic carbocycles. The predicted molar refractivity (Wildman–Crippen MR) is 89.9 cm³/mol. The fourth-order valence-electron chi connectivity index (χ4n) is 2.48. The summed E-state index contributed by atoms with van der Waals surface area (Å²) in [5, 5.41) is 0. The van der Waals surface area contributed by atoms with Gasteiger partial charge in [-0.15, -0.1) is 0 Å². The first kappa shape index (κ1) is 15.6. The lowest BCUT2D eigenvalue weighted by atomic mass is 10.1. The van der Waals surface area contributed by atoms with E-state index in [-0.39, 0.29) is 5.75 Å². The maximum Gasteiger partial charge on any atom is 0.212 e. The van der Waals surface area contributed by atoms with Crippen molar-refractivity contribution in [1.29, 1.82) is 0 Å². The first-order valence-corrected chi connectivity index (χ1v) is 9.61. The molecular weight excluding hydrogens is 364 g/mol. The lowest BCUT2D eigenvalue weighted by molar-refractivity contribution is 0.551. The number of aromatic nitrogens is 1. The number of hydrogen-bond acceptors (Lipinski definition) is 3. The summed E-state index contributed by atoms with van der Waals surface area (Å²) in [7, 11) is -3.33. The van der Waals surface area contributed by atoms with Gasteiger partial charge in [0.15, 0.2) is 0 Å². The number of pyridine rings is 1. The van der Waals surface area contributed by atoms with Crippen molar-refractivity contribution in [3.63, 3.8) is 0 Å². The molecule has 1 N–H and O–H groups in total. The van der Waals surface area contributed by atoms with Gasteiger partial charge in [0.1, 0.15) is 0 Å². The Morgan fingerprint density at radius 1 is 1.14 bits per heavy atom.